The standard InChI is InChI=1S/C52H32N2O2/c1-3-14-33(15-4-1)39-30-40(34-16-5-2-6-17-34)32-41(31-39)37-20-11-18-35(28-37)36-19-12-21-38(29-36)52-53-48-44-23-8-10-27-47(44)56-51(48)49(54-52)45-25-13-24-43-42-22-7-9-26-46(42)55-50(43)45/h1-32H. The molecule has 0 saturated heterocycles. The van der Waals surface area contributed by atoms with E-state index in [1.165, 1.54) is 22.3 Å². The number of fused-ring (bicyclic) bond motifs is 6. The van der Waals surface area contributed by atoms with Gasteiger partial charge in [-0.25, -0.2) is 9.97 Å². The molecule has 0 radical (unpaired) electrons. The summed E-state index contributed by atoms with van der Waals surface area (Å²) < 4.78 is 13.0. The summed E-state index contributed by atoms with van der Waals surface area (Å²) in [5, 5.41) is 3.05. The van der Waals surface area contributed by atoms with Crippen LogP contribution in [0.3, 0.4) is 0 Å². The fourth-order valence-corrected chi connectivity index (χ4v) is 7.94. The summed E-state index contributed by atoms with van der Waals surface area (Å²) in [5.74, 6) is 0.619. The second-order valence-electron chi connectivity index (χ2n) is 14.1. The molecule has 0 N–H and O–H groups in total. The molecule has 11 aromatic rings. The van der Waals surface area contributed by atoms with Crippen molar-refractivity contribution in [1.82, 2.24) is 9.97 Å². The molecule has 0 amide bonds. The van der Waals surface area contributed by atoms with Gasteiger partial charge in [0.15, 0.2) is 11.4 Å². The molecule has 0 aliphatic carbocycles. The minimum Gasteiger partial charge on any atom is -0.455 e. The van der Waals surface area contributed by atoms with E-state index in [4.69, 9.17) is 18.8 Å². The third kappa shape index (κ3) is 5.47. The molecule has 56 heavy (non-hydrogen) atoms. The normalized spacial score (nSPS) is 11.6. The number of hydrogen-bond acceptors (Lipinski definition) is 4. The molecule has 262 valence electrons. The molecular weight excluding hydrogens is 685 g/mol. The molecule has 4 heteroatoms. The van der Waals surface area contributed by atoms with Crippen molar-refractivity contribution < 1.29 is 8.83 Å². The van der Waals surface area contributed by atoms with Crippen LogP contribution in [0.1, 0.15) is 0 Å². The van der Waals surface area contributed by atoms with Crippen molar-refractivity contribution in [2.24, 2.45) is 0 Å². The number of furan rings is 2. The van der Waals surface area contributed by atoms with Gasteiger partial charge in [-0.2, -0.15) is 0 Å². The third-order valence-electron chi connectivity index (χ3n) is 10.7. The lowest BCUT2D eigenvalue weighted by molar-refractivity contribution is 0.663. The van der Waals surface area contributed by atoms with E-state index in [1.807, 2.05) is 36.4 Å². The second-order valence-corrected chi connectivity index (χ2v) is 14.1. The topological polar surface area (TPSA) is 52.1 Å². The summed E-state index contributed by atoms with van der Waals surface area (Å²) in [4.78, 5) is 10.5. The molecule has 0 fully saturated rings. The number of hydrogen-bond donors (Lipinski definition) is 0. The van der Waals surface area contributed by atoms with E-state index in [0.29, 0.717) is 17.1 Å². The van der Waals surface area contributed by atoms with Crippen LogP contribution in [0.2, 0.25) is 0 Å². The van der Waals surface area contributed by atoms with Crippen molar-refractivity contribution in [3.63, 3.8) is 0 Å². The summed E-state index contributed by atoms with van der Waals surface area (Å²) in [7, 11) is 0. The maximum Gasteiger partial charge on any atom is 0.180 e. The molecule has 3 heterocycles. The smallest absolute Gasteiger partial charge is 0.180 e. The van der Waals surface area contributed by atoms with Gasteiger partial charge in [-0.15, -0.1) is 0 Å². The van der Waals surface area contributed by atoms with Crippen LogP contribution in [0.4, 0.5) is 0 Å². The second kappa shape index (κ2) is 13.1. The molecule has 0 aliphatic heterocycles. The predicted molar refractivity (Wildman–Crippen MR) is 229 cm³/mol. The molecule has 0 atom stereocenters. The Morgan fingerprint density at radius 1 is 0.304 bits per heavy atom. The summed E-state index contributed by atoms with van der Waals surface area (Å²) in [6, 6.07) is 67.7. The number of para-hydroxylation sites is 3. The lowest BCUT2D eigenvalue weighted by Crippen LogP contribution is -1.94. The van der Waals surface area contributed by atoms with Gasteiger partial charge in [0.25, 0.3) is 0 Å². The van der Waals surface area contributed by atoms with Crippen molar-refractivity contribution in [2.75, 3.05) is 0 Å². The van der Waals surface area contributed by atoms with Crippen LogP contribution in [0.25, 0.3) is 111 Å². The molecule has 8 aromatic carbocycles. The van der Waals surface area contributed by atoms with Gasteiger partial charge in [0.2, 0.25) is 0 Å². The Kier molecular flexibility index (Phi) is 7.46. The Hall–Kier alpha value is -7.56. The highest BCUT2D eigenvalue weighted by atomic mass is 16.3. The fraction of sp³-hybridized carbons (Fsp3) is 0. The van der Waals surface area contributed by atoms with Crippen LogP contribution < -0.4 is 0 Å². The highest BCUT2D eigenvalue weighted by Gasteiger charge is 2.22. The van der Waals surface area contributed by atoms with Gasteiger partial charge < -0.3 is 8.83 Å². The largest absolute Gasteiger partial charge is 0.455 e. The Labute approximate surface area is 323 Å². The van der Waals surface area contributed by atoms with Crippen molar-refractivity contribution in [2.45, 2.75) is 0 Å². The lowest BCUT2D eigenvalue weighted by Gasteiger charge is -2.13. The monoisotopic (exact) mass is 716 g/mol. The first kappa shape index (κ1) is 31.9. The summed E-state index contributed by atoms with van der Waals surface area (Å²) >= 11 is 0. The van der Waals surface area contributed by atoms with Crippen LogP contribution in [0.15, 0.2) is 203 Å². The molecule has 3 aromatic heterocycles. The van der Waals surface area contributed by atoms with E-state index < -0.39 is 0 Å². The average molecular weight is 717 g/mol. The Balaban J connectivity index is 1.05. The Morgan fingerprint density at radius 2 is 0.750 bits per heavy atom. The van der Waals surface area contributed by atoms with E-state index in [2.05, 4.69) is 158 Å². The molecule has 4 nitrogen and oxygen atoms in total. The molecule has 0 bridgehead atoms. The Morgan fingerprint density at radius 3 is 1.43 bits per heavy atom. The molecule has 0 aliphatic rings. The van der Waals surface area contributed by atoms with Gasteiger partial charge >= 0.3 is 0 Å². The number of benzene rings is 8. The third-order valence-corrected chi connectivity index (χ3v) is 10.7. The summed E-state index contributed by atoms with van der Waals surface area (Å²) in [6.45, 7) is 0. The van der Waals surface area contributed by atoms with E-state index in [1.54, 1.807) is 0 Å². The van der Waals surface area contributed by atoms with Crippen molar-refractivity contribution in [1.29, 1.82) is 0 Å². The molecular formula is C52H32N2O2. The van der Waals surface area contributed by atoms with Crippen molar-refractivity contribution in [3.8, 4) is 67.2 Å². The molecule has 11 rings (SSSR count). The minimum atomic E-state index is 0.619. The lowest BCUT2D eigenvalue weighted by atomic mass is 9.92. The zero-order valence-corrected chi connectivity index (χ0v) is 30.2. The van der Waals surface area contributed by atoms with Crippen LogP contribution in [0, 0.1) is 0 Å². The van der Waals surface area contributed by atoms with Crippen molar-refractivity contribution in [3.05, 3.63) is 194 Å². The first-order valence-electron chi connectivity index (χ1n) is 18.8. The van der Waals surface area contributed by atoms with Crippen LogP contribution in [-0.2, 0) is 0 Å². The van der Waals surface area contributed by atoms with Gasteiger partial charge in [-0.05, 0) is 99.1 Å². The van der Waals surface area contributed by atoms with Crippen LogP contribution in [-0.4, -0.2) is 9.97 Å². The van der Waals surface area contributed by atoms with Crippen LogP contribution in [0.5, 0.6) is 0 Å². The predicted octanol–water partition coefficient (Wildman–Crippen LogP) is 14.3. The quantitative estimate of drug-likeness (QED) is 0.172. The number of rotatable bonds is 6. The van der Waals surface area contributed by atoms with Crippen LogP contribution >= 0.6 is 0 Å². The maximum atomic E-state index is 6.51. The highest BCUT2D eigenvalue weighted by molar-refractivity contribution is 6.13. The maximum absolute atomic E-state index is 6.51. The SMILES string of the molecule is c1ccc(-c2cc(-c3ccccc3)cc(-c3cccc(-c4cccc(-c5nc(-c6cccc7c6oc6ccccc67)c6oc7ccccc7c6n5)c4)c3)c2)cc1. The number of nitrogens with zero attached hydrogens (tertiary/aromatic N) is 2. The van der Waals surface area contributed by atoms with Gasteiger partial charge in [0.05, 0.1) is 0 Å². The number of aromatic nitrogens is 2. The first-order chi connectivity index (χ1) is 27.7. The molecule has 0 spiro atoms. The summed E-state index contributed by atoms with van der Waals surface area (Å²) in [5.41, 5.74) is 15.5. The zero-order chi connectivity index (χ0) is 37.0. The van der Waals surface area contributed by atoms with E-state index >= 15 is 0 Å². The van der Waals surface area contributed by atoms with Gasteiger partial charge in [0.1, 0.15) is 28.0 Å². The fourth-order valence-electron chi connectivity index (χ4n) is 7.94. The molecule has 0 unspecified atom stereocenters. The van der Waals surface area contributed by atoms with E-state index in [0.717, 1.165) is 71.8 Å². The van der Waals surface area contributed by atoms with Crippen molar-refractivity contribution >= 4 is 44.0 Å². The van der Waals surface area contributed by atoms with Gasteiger partial charge in [0, 0.05) is 27.3 Å². The summed E-state index contributed by atoms with van der Waals surface area (Å²) in [6.07, 6.45) is 0. The van der Waals surface area contributed by atoms with E-state index in [9.17, 15) is 0 Å². The first-order valence-corrected chi connectivity index (χ1v) is 18.8. The zero-order valence-electron chi connectivity index (χ0n) is 30.2. The average Bonchev–Trinajstić information content (AvgIpc) is 3.85. The minimum absolute atomic E-state index is 0.619. The Bertz CT molecular complexity index is 3190. The molecule has 0 saturated carbocycles. The highest BCUT2D eigenvalue weighted by Crippen LogP contribution is 2.41. The van der Waals surface area contributed by atoms with E-state index in [-0.39, 0.29) is 0 Å². The van der Waals surface area contributed by atoms with Gasteiger partial charge in [-0.3, -0.25) is 0 Å². The van der Waals surface area contributed by atoms with Gasteiger partial charge in [-0.1, -0.05) is 140 Å².